The summed E-state index contributed by atoms with van der Waals surface area (Å²) in [5, 5.41) is 0. The lowest BCUT2D eigenvalue weighted by Crippen LogP contribution is -2.49. The Labute approximate surface area is 191 Å². The van der Waals surface area contributed by atoms with Crippen molar-refractivity contribution in [1.29, 1.82) is 0 Å². The molecule has 1 amide bonds. The standard InChI is InChI=1S/C22H34N2O3.2C2H6/c1-17-16-19(21(26)27-5)7-6-18(17)8-9-20(25)24-14-12-23(13-15-24)11-10-22(2,3)4;2*1-2/h6-7,16H,8-15H2,1-5H3;2*1-2H3. The number of hydrogen-bond acceptors (Lipinski definition) is 4. The maximum Gasteiger partial charge on any atom is 0.337 e. The first kappa shape index (κ1) is 29.1. The number of piperazine rings is 1. The van der Waals surface area contributed by atoms with E-state index in [-0.39, 0.29) is 11.9 Å². The molecule has 1 aliphatic rings. The van der Waals surface area contributed by atoms with Crippen molar-refractivity contribution in [3.8, 4) is 0 Å². The van der Waals surface area contributed by atoms with E-state index < -0.39 is 0 Å². The third kappa shape index (κ3) is 10.8. The smallest absolute Gasteiger partial charge is 0.337 e. The van der Waals surface area contributed by atoms with Gasteiger partial charge in [0.25, 0.3) is 0 Å². The molecule has 0 saturated carbocycles. The van der Waals surface area contributed by atoms with E-state index in [4.69, 9.17) is 4.74 Å². The van der Waals surface area contributed by atoms with Crippen LogP contribution in [0.15, 0.2) is 18.2 Å². The Kier molecular flexibility index (Phi) is 14.1. The highest BCUT2D eigenvalue weighted by Gasteiger charge is 2.22. The van der Waals surface area contributed by atoms with Crippen LogP contribution in [0, 0.1) is 12.3 Å². The average molecular weight is 435 g/mol. The minimum Gasteiger partial charge on any atom is -0.465 e. The first-order chi connectivity index (χ1) is 14.7. The highest BCUT2D eigenvalue weighted by atomic mass is 16.5. The fourth-order valence-corrected chi connectivity index (χ4v) is 3.34. The van der Waals surface area contributed by atoms with Crippen molar-refractivity contribution in [3.63, 3.8) is 0 Å². The number of amides is 1. The van der Waals surface area contributed by atoms with Gasteiger partial charge in [0.1, 0.15) is 0 Å². The zero-order chi connectivity index (χ0) is 24.0. The molecule has 0 N–H and O–H groups in total. The number of carbonyl (C=O) groups excluding carboxylic acids is 2. The van der Waals surface area contributed by atoms with Crippen molar-refractivity contribution >= 4 is 11.9 Å². The number of ether oxygens (including phenoxy) is 1. The number of hydrogen-bond donors (Lipinski definition) is 0. The first-order valence-corrected chi connectivity index (χ1v) is 11.9. The summed E-state index contributed by atoms with van der Waals surface area (Å²) in [4.78, 5) is 28.6. The largest absolute Gasteiger partial charge is 0.465 e. The molecule has 1 aliphatic heterocycles. The molecule has 0 aromatic heterocycles. The Morgan fingerprint density at radius 3 is 2.06 bits per heavy atom. The molecule has 0 atom stereocenters. The average Bonchev–Trinajstić information content (AvgIpc) is 2.78. The maximum atomic E-state index is 12.6. The van der Waals surface area contributed by atoms with Gasteiger partial charge < -0.3 is 9.64 Å². The van der Waals surface area contributed by atoms with E-state index in [1.165, 1.54) is 13.5 Å². The van der Waals surface area contributed by atoms with Crippen molar-refractivity contribution in [3.05, 3.63) is 34.9 Å². The van der Waals surface area contributed by atoms with Crippen molar-refractivity contribution < 1.29 is 14.3 Å². The van der Waals surface area contributed by atoms with E-state index in [1.807, 2.05) is 51.7 Å². The van der Waals surface area contributed by atoms with E-state index in [0.29, 0.717) is 23.8 Å². The maximum absolute atomic E-state index is 12.6. The molecule has 1 aromatic carbocycles. The van der Waals surface area contributed by atoms with Crippen LogP contribution in [0.4, 0.5) is 0 Å². The molecule has 1 saturated heterocycles. The second-order valence-corrected chi connectivity index (χ2v) is 8.67. The van der Waals surface area contributed by atoms with E-state index in [1.54, 1.807) is 6.07 Å². The summed E-state index contributed by atoms with van der Waals surface area (Å²) in [7, 11) is 1.38. The molecule has 0 spiro atoms. The molecule has 2 rings (SSSR count). The van der Waals surface area contributed by atoms with Crippen molar-refractivity contribution in [2.24, 2.45) is 5.41 Å². The fourth-order valence-electron chi connectivity index (χ4n) is 3.34. The van der Waals surface area contributed by atoms with Crippen LogP contribution >= 0.6 is 0 Å². The van der Waals surface area contributed by atoms with Gasteiger partial charge in [-0.2, -0.15) is 0 Å². The molecule has 1 heterocycles. The van der Waals surface area contributed by atoms with E-state index in [0.717, 1.165) is 43.9 Å². The van der Waals surface area contributed by atoms with Gasteiger partial charge in [-0.1, -0.05) is 54.5 Å². The highest BCUT2D eigenvalue weighted by Crippen LogP contribution is 2.19. The molecular formula is C26H46N2O3. The molecule has 178 valence electrons. The summed E-state index contributed by atoms with van der Waals surface area (Å²) in [6.45, 7) is 21.5. The molecule has 5 nitrogen and oxygen atoms in total. The lowest BCUT2D eigenvalue weighted by molar-refractivity contribution is -0.132. The molecule has 1 aromatic rings. The van der Waals surface area contributed by atoms with Crippen molar-refractivity contribution in [2.45, 2.75) is 74.7 Å². The summed E-state index contributed by atoms with van der Waals surface area (Å²) in [6, 6.07) is 5.53. The third-order valence-electron chi connectivity index (χ3n) is 5.27. The number of carbonyl (C=O) groups is 2. The number of aryl methyl sites for hydroxylation is 2. The van der Waals surface area contributed by atoms with Gasteiger partial charge in [-0.3, -0.25) is 9.69 Å². The Morgan fingerprint density at radius 1 is 1.00 bits per heavy atom. The summed E-state index contributed by atoms with van der Waals surface area (Å²) < 4.78 is 4.75. The van der Waals surface area contributed by atoms with Gasteiger partial charge in [-0.25, -0.2) is 4.79 Å². The lowest BCUT2D eigenvalue weighted by Gasteiger charge is -2.36. The number of methoxy groups -OCH3 is 1. The monoisotopic (exact) mass is 434 g/mol. The Balaban J connectivity index is 0.00000212. The summed E-state index contributed by atoms with van der Waals surface area (Å²) >= 11 is 0. The summed E-state index contributed by atoms with van der Waals surface area (Å²) in [6.07, 6.45) is 2.40. The minimum atomic E-state index is -0.329. The van der Waals surface area contributed by atoms with Crippen LogP contribution in [0.5, 0.6) is 0 Å². The molecule has 0 aliphatic carbocycles. The van der Waals surface area contributed by atoms with Gasteiger partial charge in [0.15, 0.2) is 0 Å². The third-order valence-corrected chi connectivity index (χ3v) is 5.27. The zero-order valence-corrected chi connectivity index (χ0v) is 21.5. The SMILES string of the molecule is CC.CC.COC(=O)c1ccc(CCC(=O)N2CCN(CCC(C)(C)C)CC2)c(C)c1. The van der Waals surface area contributed by atoms with Crippen LogP contribution in [-0.2, 0) is 16.0 Å². The highest BCUT2D eigenvalue weighted by molar-refractivity contribution is 5.89. The molecule has 1 fully saturated rings. The number of nitrogens with zero attached hydrogens (tertiary/aromatic N) is 2. The van der Waals surface area contributed by atoms with Gasteiger partial charge in [-0.15, -0.1) is 0 Å². The van der Waals surface area contributed by atoms with E-state index in [2.05, 4.69) is 25.7 Å². The van der Waals surface area contributed by atoms with E-state index >= 15 is 0 Å². The number of esters is 1. The first-order valence-electron chi connectivity index (χ1n) is 11.9. The molecule has 0 radical (unpaired) electrons. The predicted molar refractivity (Wildman–Crippen MR) is 131 cm³/mol. The quantitative estimate of drug-likeness (QED) is 0.567. The number of rotatable bonds is 6. The van der Waals surface area contributed by atoms with Crippen LogP contribution in [-0.4, -0.2) is 61.5 Å². The second-order valence-electron chi connectivity index (χ2n) is 8.67. The van der Waals surface area contributed by atoms with Crippen LogP contribution in [0.3, 0.4) is 0 Å². The molecule has 0 unspecified atom stereocenters. The fraction of sp³-hybridized carbons (Fsp3) is 0.692. The Bertz CT molecular complexity index is 657. The lowest BCUT2D eigenvalue weighted by atomic mass is 9.92. The summed E-state index contributed by atoms with van der Waals surface area (Å²) in [5.74, 6) is -0.105. The van der Waals surface area contributed by atoms with Gasteiger partial charge in [0.05, 0.1) is 12.7 Å². The van der Waals surface area contributed by atoms with Crippen LogP contribution in [0.25, 0.3) is 0 Å². The molecule has 0 bridgehead atoms. The second kappa shape index (κ2) is 15.0. The minimum absolute atomic E-state index is 0.224. The van der Waals surface area contributed by atoms with Gasteiger partial charge in [0, 0.05) is 32.6 Å². The molecule has 5 heteroatoms. The van der Waals surface area contributed by atoms with Gasteiger partial charge in [-0.05, 0) is 55.0 Å². The van der Waals surface area contributed by atoms with Crippen LogP contribution in [0.1, 0.15) is 82.8 Å². The normalized spacial score (nSPS) is 14.0. The van der Waals surface area contributed by atoms with Gasteiger partial charge in [0.2, 0.25) is 5.91 Å². The predicted octanol–water partition coefficient (Wildman–Crippen LogP) is 5.35. The number of benzene rings is 1. The van der Waals surface area contributed by atoms with E-state index in [9.17, 15) is 9.59 Å². The van der Waals surface area contributed by atoms with Crippen molar-refractivity contribution in [1.82, 2.24) is 9.80 Å². The van der Waals surface area contributed by atoms with Crippen LogP contribution < -0.4 is 0 Å². The molecular weight excluding hydrogens is 388 g/mol. The van der Waals surface area contributed by atoms with Crippen molar-refractivity contribution in [2.75, 3.05) is 39.8 Å². The van der Waals surface area contributed by atoms with Gasteiger partial charge >= 0.3 is 5.97 Å². The summed E-state index contributed by atoms with van der Waals surface area (Å²) in [5.41, 5.74) is 3.04. The topological polar surface area (TPSA) is 49.9 Å². The molecule has 31 heavy (non-hydrogen) atoms. The Hall–Kier alpha value is -1.88. The Morgan fingerprint density at radius 2 is 1.58 bits per heavy atom. The zero-order valence-electron chi connectivity index (χ0n) is 21.5. The van der Waals surface area contributed by atoms with Crippen LogP contribution in [0.2, 0.25) is 0 Å².